The highest BCUT2D eigenvalue weighted by Gasteiger charge is 2.06. The lowest BCUT2D eigenvalue weighted by Gasteiger charge is -2.05. The molecule has 4 nitrogen and oxygen atoms in total. The van der Waals surface area contributed by atoms with Gasteiger partial charge in [-0.05, 0) is 28.1 Å². The predicted octanol–water partition coefficient (Wildman–Crippen LogP) is 2.04. The number of methoxy groups -OCH3 is 1. The molecule has 0 unspecified atom stereocenters. The lowest BCUT2D eigenvalue weighted by Crippen LogP contribution is -2.00. The summed E-state index contributed by atoms with van der Waals surface area (Å²) < 4.78 is 7.73. The molecule has 0 radical (unpaired) electrons. The van der Waals surface area contributed by atoms with E-state index in [1.54, 1.807) is 24.2 Å². The highest BCUT2D eigenvalue weighted by Crippen LogP contribution is 2.19. The summed E-state index contributed by atoms with van der Waals surface area (Å²) in [5.41, 5.74) is 0. The summed E-state index contributed by atoms with van der Waals surface area (Å²) in [5, 5.41) is 4.12. The van der Waals surface area contributed by atoms with E-state index in [9.17, 15) is 0 Å². The minimum absolute atomic E-state index is 0.681. The van der Waals surface area contributed by atoms with Gasteiger partial charge in [0.15, 0.2) is 11.6 Å². The minimum Gasteiger partial charge on any atom is -0.493 e. The first-order valence-corrected chi connectivity index (χ1v) is 4.80. The number of pyridine rings is 1. The van der Waals surface area contributed by atoms with E-state index in [0.717, 1.165) is 4.47 Å². The summed E-state index contributed by atoms with van der Waals surface area (Å²) >= 11 is 3.32. The molecule has 2 aromatic rings. The van der Waals surface area contributed by atoms with Crippen LogP contribution in [0, 0.1) is 0 Å². The molecular formula is C9H8BrN3O. The van der Waals surface area contributed by atoms with Crippen LogP contribution in [0.3, 0.4) is 0 Å². The SMILES string of the molecule is COc1cccnc1-n1cc(Br)cn1. The van der Waals surface area contributed by atoms with Crippen LogP contribution >= 0.6 is 15.9 Å². The molecule has 0 aliphatic carbocycles. The van der Waals surface area contributed by atoms with Gasteiger partial charge in [0.2, 0.25) is 0 Å². The van der Waals surface area contributed by atoms with Gasteiger partial charge in [-0.1, -0.05) is 0 Å². The largest absolute Gasteiger partial charge is 0.493 e. The molecule has 0 amide bonds. The van der Waals surface area contributed by atoms with Gasteiger partial charge in [-0.2, -0.15) is 5.10 Å². The number of rotatable bonds is 2. The maximum absolute atomic E-state index is 5.17. The lowest BCUT2D eigenvalue weighted by atomic mass is 10.4. The molecule has 0 atom stereocenters. The molecule has 0 saturated carbocycles. The second-order valence-electron chi connectivity index (χ2n) is 2.63. The van der Waals surface area contributed by atoms with Gasteiger partial charge in [-0.25, -0.2) is 9.67 Å². The van der Waals surface area contributed by atoms with Crippen molar-refractivity contribution in [1.82, 2.24) is 14.8 Å². The van der Waals surface area contributed by atoms with Gasteiger partial charge in [-0.3, -0.25) is 0 Å². The molecule has 0 saturated heterocycles. The minimum atomic E-state index is 0.681. The van der Waals surface area contributed by atoms with E-state index in [0.29, 0.717) is 11.6 Å². The fraction of sp³-hybridized carbons (Fsp3) is 0.111. The fourth-order valence-electron chi connectivity index (χ4n) is 1.13. The number of hydrogen-bond acceptors (Lipinski definition) is 3. The smallest absolute Gasteiger partial charge is 0.196 e. The Labute approximate surface area is 89.7 Å². The number of aromatic nitrogens is 3. The van der Waals surface area contributed by atoms with Crippen molar-refractivity contribution in [3.63, 3.8) is 0 Å². The Bertz CT molecular complexity index is 441. The average Bonchev–Trinajstić information content (AvgIpc) is 2.65. The van der Waals surface area contributed by atoms with Crippen molar-refractivity contribution in [1.29, 1.82) is 0 Å². The first kappa shape index (κ1) is 9.21. The predicted molar refractivity (Wildman–Crippen MR) is 55.6 cm³/mol. The monoisotopic (exact) mass is 253 g/mol. The molecule has 2 heterocycles. The number of nitrogens with zero attached hydrogens (tertiary/aromatic N) is 3. The third kappa shape index (κ3) is 1.63. The summed E-state index contributed by atoms with van der Waals surface area (Å²) in [4.78, 5) is 4.19. The maximum Gasteiger partial charge on any atom is 0.196 e. The number of halogens is 1. The Morgan fingerprint density at radius 1 is 1.50 bits per heavy atom. The van der Waals surface area contributed by atoms with Crippen LogP contribution in [-0.4, -0.2) is 21.9 Å². The topological polar surface area (TPSA) is 39.9 Å². The molecule has 14 heavy (non-hydrogen) atoms. The van der Waals surface area contributed by atoms with Crippen LogP contribution in [0.25, 0.3) is 5.82 Å². The van der Waals surface area contributed by atoms with Gasteiger partial charge in [0.25, 0.3) is 0 Å². The van der Waals surface area contributed by atoms with Gasteiger partial charge in [0, 0.05) is 12.4 Å². The summed E-state index contributed by atoms with van der Waals surface area (Å²) in [6.45, 7) is 0. The molecule has 0 spiro atoms. The first-order valence-electron chi connectivity index (χ1n) is 4.01. The summed E-state index contributed by atoms with van der Waals surface area (Å²) in [6.07, 6.45) is 5.23. The lowest BCUT2D eigenvalue weighted by molar-refractivity contribution is 0.409. The fourth-order valence-corrected chi connectivity index (χ4v) is 1.42. The molecule has 72 valence electrons. The van der Waals surface area contributed by atoms with Crippen LogP contribution < -0.4 is 4.74 Å². The number of hydrogen-bond donors (Lipinski definition) is 0. The molecule has 0 N–H and O–H groups in total. The van der Waals surface area contributed by atoms with Gasteiger partial charge >= 0.3 is 0 Å². The summed E-state index contributed by atoms with van der Waals surface area (Å²) in [6, 6.07) is 3.67. The van der Waals surface area contributed by atoms with Gasteiger partial charge in [0.1, 0.15) is 0 Å². The quantitative estimate of drug-likeness (QED) is 0.823. The normalized spacial score (nSPS) is 10.1. The molecule has 0 fully saturated rings. The van der Waals surface area contributed by atoms with Crippen molar-refractivity contribution in [2.24, 2.45) is 0 Å². The van der Waals surface area contributed by atoms with Crippen molar-refractivity contribution in [2.45, 2.75) is 0 Å². The van der Waals surface area contributed by atoms with Crippen LogP contribution in [0.1, 0.15) is 0 Å². The van der Waals surface area contributed by atoms with E-state index >= 15 is 0 Å². The van der Waals surface area contributed by atoms with Crippen molar-refractivity contribution < 1.29 is 4.74 Å². The highest BCUT2D eigenvalue weighted by molar-refractivity contribution is 9.10. The van der Waals surface area contributed by atoms with Crippen molar-refractivity contribution >= 4 is 15.9 Å². The Morgan fingerprint density at radius 3 is 3.00 bits per heavy atom. The van der Waals surface area contributed by atoms with Crippen LogP contribution in [0.5, 0.6) is 5.75 Å². The Kier molecular flexibility index (Phi) is 2.49. The second kappa shape index (κ2) is 3.79. The highest BCUT2D eigenvalue weighted by atomic mass is 79.9. The van der Waals surface area contributed by atoms with Gasteiger partial charge in [-0.15, -0.1) is 0 Å². The third-order valence-electron chi connectivity index (χ3n) is 1.74. The maximum atomic E-state index is 5.17. The van der Waals surface area contributed by atoms with E-state index in [1.165, 1.54) is 0 Å². The van der Waals surface area contributed by atoms with E-state index in [4.69, 9.17) is 4.74 Å². The zero-order valence-corrected chi connectivity index (χ0v) is 9.10. The zero-order valence-electron chi connectivity index (χ0n) is 7.51. The third-order valence-corrected chi connectivity index (χ3v) is 2.15. The Morgan fingerprint density at radius 2 is 2.36 bits per heavy atom. The van der Waals surface area contributed by atoms with E-state index < -0.39 is 0 Å². The summed E-state index contributed by atoms with van der Waals surface area (Å²) in [5.74, 6) is 1.38. The molecule has 2 aromatic heterocycles. The molecule has 0 aromatic carbocycles. The van der Waals surface area contributed by atoms with E-state index in [2.05, 4.69) is 26.0 Å². The van der Waals surface area contributed by atoms with E-state index in [1.807, 2.05) is 18.3 Å². The molecule has 0 bridgehead atoms. The van der Waals surface area contributed by atoms with Crippen LogP contribution in [-0.2, 0) is 0 Å². The molecule has 5 heteroatoms. The van der Waals surface area contributed by atoms with Crippen LogP contribution in [0.2, 0.25) is 0 Å². The van der Waals surface area contributed by atoms with Crippen LogP contribution in [0.15, 0.2) is 35.2 Å². The zero-order chi connectivity index (χ0) is 9.97. The molecular weight excluding hydrogens is 246 g/mol. The Hall–Kier alpha value is -1.36. The molecule has 2 rings (SSSR count). The average molecular weight is 254 g/mol. The Balaban J connectivity index is 2.50. The van der Waals surface area contributed by atoms with Gasteiger partial charge < -0.3 is 4.74 Å². The van der Waals surface area contributed by atoms with Crippen molar-refractivity contribution in [3.8, 4) is 11.6 Å². The van der Waals surface area contributed by atoms with Crippen molar-refractivity contribution in [2.75, 3.05) is 7.11 Å². The standard InChI is InChI=1S/C9H8BrN3O/c1-14-8-3-2-4-11-9(8)13-6-7(10)5-12-13/h2-6H,1H3. The van der Waals surface area contributed by atoms with Crippen molar-refractivity contribution in [3.05, 3.63) is 35.2 Å². The molecule has 0 aliphatic rings. The van der Waals surface area contributed by atoms with Gasteiger partial charge in [0.05, 0.1) is 17.8 Å². The van der Waals surface area contributed by atoms with E-state index in [-0.39, 0.29) is 0 Å². The molecule has 0 aliphatic heterocycles. The van der Waals surface area contributed by atoms with Crippen LogP contribution in [0.4, 0.5) is 0 Å². The first-order chi connectivity index (χ1) is 6.81. The second-order valence-corrected chi connectivity index (χ2v) is 3.55. The summed E-state index contributed by atoms with van der Waals surface area (Å²) in [7, 11) is 1.61. The number of ether oxygens (including phenoxy) is 1.